The molecule has 1 saturated heterocycles. The van der Waals surface area contributed by atoms with Gasteiger partial charge in [-0.05, 0) is 6.42 Å². The van der Waals surface area contributed by atoms with E-state index < -0.39 is 43.2 Å². The first-order valence-corrected chi connectivity index (χ1v) is 6.91. The van der Waals surface area contributed by atoms with E-state index in [0.717, 1.165) is 6.42 Å². The number of rotatable bonds is 6. The summed E-state index contributed by atoms with van der Waals surface area (Å²) in [5, 5.41) is 22.0. The van der Waals surface area contributed by atoms with Crippen LogP contribution in [-0.4, -0.2) is 65.9 Å². The Hall–Kier alpha value is -1.22. The summed E-state index contributed by atoms with van der Waals surface area (Å²) in [5.74, 6) is -0.984. The summed E-state index contributed by atoms with van der Waals surface area (Å²) in [4.78, 5) is 22.5. The van der Waals surface area contributed by atoms with Crippen molar-refractivity contribution >= 4 is 11.9 Å². The number of nitrogens with one attached hydrogen (secondary N) is 1. The van der Waals surface area contributed by atoms with E-state index in [0.29, 0.717) is 6.61 Å². The fraction of sp³-hybridized carbons (Fsp3) is 0.846. The summed E-state index contributed by atoms with van der Waals surface area (Å²) in [6.45, 7) is 4.30. The van der Waals surface area contributed by atoms with Crippen LogP contribution in [0.3, 0.4) is 0 Å². The maximum Gasteiger partial charge on any atom is 0.303 e. The molecule has 0 aromatic heterocycles. The van der Waals surface area contributed by atoms with Crippen LogP contribution < -0.4 is 5.32 Å². The van der Waals surface area contributed by atoms with Gasteiger partial charge in [-0.1, -0.05) is 6.92 Å². The predicted octanol–water partition coefficient (Wildman–Crippen LogP) is -1.07. The molecule has 0 aromatic rings. The average molecular weight is 305 g/mol. The minimum Gasteiger partial charge on any atom is -0.457 e. The molecule has 1 rings (SSSR count). The molecular weight excluding hydrogens is 282 g/mol. The maximum absolute atomic E-state index is 11.3. The van der Waals surface area contributed by atoms with Crippen molar-refractivity contribution in [2.45, 2.75) is 57.8 Å². The number of ether oxygens (including phenoxy) is 3. The topological polar surface area (TPSA) is 114 Å². The van der Waals surface area contributed by atoms with E-state index in [1.54, 1.807) is 0 Å². The second-order valence-corrected chi connectivity index (χ2v) is 4.89. The van der Waals surface area contributed by atoms with E-state index in [9.17, 15) is 19.8 Å². The van der Waals surface area contributed by atoms with Gasteiger partial charge in [0.15, 0.2) is 12.4 Å². The molecule has 0 bridgehead atoms. The lowest BCUT2D eigenvalue weighted by molar-refractivity contribution is -0.273. The summed E-state index contributed by atoms with van der Waals surface area (Å²) in [7, 11) is 0. The van der Waals surface area contributed by atoms with Crippen molar-refractivity contribution < 1.29 is 34.0 Å². The Morgan fingerprint density at radius 2 is 2.00 bits per heavy atom. The van der Waals surface area contributed by atoms with Gasteiger partial charge in [-0.2, -0.15) is 0 Å². The number of hydrogen-bond donors (Lipinski definition) is 3. The van der Waals surface area contributed by atoms with Crippen LogP contribution in [0.4, 0.5) is 0 Å². The van der Waals surface area contributed by atoms with E-state index >= 15 is 0 Å². The molecule has 5 atom stereocenters. The highest BCUT2D eigenvalue weighted by atomic mass is 16.7. The van der Waals surface area contributed by atoms with Crippen molar-refractivity contribution in [1.29, 1.82) is 0 Å². The largest absolute Gasteiger partial charge is 0.457 e. The smallest absolute Gasteiger partial charge is 0.303 e. The van der Waals surface area contributed by atoms with E-state index in [2.05, 4.69) is 5.32 Å². The van der Waals surface area contributed by atoms with Crippen molar-refractivity contribution in [3.63, 3.8) is 0 Å². The van der Waals surface area contributed by atoms with Crippen LogP contribution in [0, 0.1) is 0 Å². The monoisotopic (exact) mass is 305 g/mol. The van der Waals surface area contributed by atoms with Crippen molar-refractivity contribution in [2.24, 2.45) is 0 Å². The van der Waals surface area contributed by atoms with Gasteiger partial charge in [0.2, 0.25) is 5.91 Å². The Labute approximate surface area is 123 Å². The van der Waals surface area contributed by atoms with Crippen molar-refractivity contribution in [1.82, 2.24) is 5.32 Å². The van der Waals surface area contributed by atoms with Crippen LogP contribution in [0.2, 0.25) is 0 Å². The fourth-order valence-electron chi connectivity index (χ4n) is 2.16. The third kappa shape index (κ3) is 4.92. The Morgan fingerprint density at radius 1 is 1.33 bits per heavy atom. The van der Waals surface area contributed by atoms with Crippen LogP contribution in [-0.2, 0) is 23.8 Å². The van der Waals surface area contributed by atoms with Crippen molar-refractivity contribution in [3.05, 3.63) is 0 Å². The lowest BCUT2D eigenvalue weighted by Crippen LogP contribution is -2.65. The highest BCUT2D eigenvalue weighted by Crippen LogP contribution is 2.24. The van der Waals surface area contributed by atoms with Crippen LogP contribution in [0.1, 0.15) is 27.2 Å². The third-order valence-electron chi connectivity index (χ3n) is 3.01. The molecule has 3 N–H and O–H groups in total. The molecule has 8 nitrogen and oxygen atoms in total. The molecule has 0 aromatic carbocycles. The first-order chi connectivity index (χ1) is 9.90. The number of carbonyl (C=O) groups is 2. The van der Waals surface area contributed by atoms with Gasteiger partial charge < -0.3 is 29.7 Å². The zero-order valence-corrected chi connectivity index (χ0v) is 12.4. The molecule has 1 heterocycles. The van der Waals surface area contributed by atoms with Gasteiger partial charge in [0.25, 0.3) is 0 Å². The van der Waals surface area contributed by atoms with Crippen LogP contribution in [0.15, 0.2) is 0 Å². The first-order valence-electron chi connectivity index (χ1n) is 6.91. The minimum absolute atomic E-state index is 0.363. The van der Waals surface area contributed by atoms with Crippen molar-refractivity contribution in [3.8, 4) is 0 Å². The highest BCUT2D eigenvalue weighted by molar-refractivity contribution is 5.73. The molecule has 0 saturated carbocycles. The molecule has 1 aliphatic rings. The summed E-state index contributed by atoms with van der Waals surface area (Å²) in [5.41, 5.74) is 0. The standard InChI is InChI=1S/C13H23NO7/c1-4-5-19-13-10(14-7(2)16)12(20-8(3)17)11(18)9(6-15)21-13/h9-13,15,18H,4-6H2,1-3H3,(H,14,16). The molecule has 1 fully saturated rings. The van der Waals surface area contributed by atoms with E-state index in [-0.39, 0.29) is 5.91 Å². The zero-order valence-electron chi connectivity index (χ0n) is 12.4. The molecule has 0 radical (unpaired) electrons. The fourth-order valence-corrected chi connectivity index (χ4v) is 2.16. The Morgan fingerprint density at radius 3 is 2.48 bits per heavy atom. The van der Waals surface area contributed by atoms with Gasteiger partial charge in [0, 0.05) is 20.5 Å². The average Bonchev–Trinajstić information content (AvgIpc) is 2.41. The minimum atomic E-state index is -1.27. The van der Waals surface area contributed by atoms with Crippen LogP contribution in [0.5, 0.6) is 0 Å². The van der Waals surface area contributed by atoms with Gasteiger partial charge >= 0.3 is 5.97 Å². The van der Waals surface area contributed by atoms with Gasteiger partial charge in [0.1, 0.15) is 18.2 Å². The zero-order chi connectivity index (χ0) is 16.0. The number of carbonyl (C=O) groups excluding carboxylic acids is 2. The van der Waals surface area contributed by atoms with Crippen LogP contribution >= 0.6 is 0 Å². The summed E-state index contributed by atoms with van der Waals surface area (Å²) >= 11 is 0. The molecule has 1 amide bonds. The van der Waals surface area contributed by atoms with E-state index in [1.165, 1.54) is 13.8 Å². The molecule has 122 valence electrons. The molecule has 21 heavy (non-hydrogen) atoms. The number of hydrogen-bond acceptors (Lipinski definition) is 7. The lowest BCUT2D eigenvalue weighted by atomic mass is 9.96. The normalized spacial score (nSPS) is 32.5. The molecule has 5 unspecified atom stereocenters. The third-order valence-corrected chi connectivity index (χ3v) is 3.01. The highest BCUT2D eigenvalue weighted by Gasteiger charge is 2.48. The molecule has 1 aliphatic heterocycles. The predicted molar refractivity (Wildman–Crippen MR) is 71.2 cm³/mol. The van der Waals surface area contributed by atoms with Crippen LogP contribution in [0.25, 0.3) is 0 Å². The van der Waals surface area contributed by atoms with Crippen molar-refractivity contribution in [2.75, 3.05) is 13.2 Å². The molecule has 0 aliphatic carbocycles. The summed E-state index contributed by atoms with van der Waals surface area (Å²) in [6.07, 6.45) is -3.48. The quantitative estimate of drug-likeness (QED) is 0.535. The molecule has 0 spiro atoms. The van der Waals surface area contributed by atoms with E-state index in [4.69, 9.17) is 14.2 Å². The van der Waals surface area contributed by atoms with Gasteiger partial charge in [-0.15, -0.1) is 0 Å². The Balaban J connectivity index is 2.97. The van der Waals surface area contributed by atoms with Gasteiger partial charge in [-0.25, -0.2) is 0 Å². The molecular formula is C13H23NO7. The Kier molecular flexibility index (Phi) is 7.03. The second-order valence-electron chi connectivity index (χ2n) is 4.89. The maximum atomic E-state index is 11.3. The first kappa shape index (κ1) is 17.8. The number of aliphatic hydroxyl groups is 2. The summed E-state index contributed by atoms with van der Waals surface area (Å²) < 4.78 is 16.0. The van der Waals surface area contributed by atoms with Gasteiger partial charge in [-0.3, -0.25) is 9.59 Å². The Bertz CT molecular complexity index is 362. The summed E-state index contributed by atoms with van der Waals surface area (Å²) in [6, 6.07) is -0.851. The number of amides is 1. The number of aliphatic hydroxyl groups excluding tert-OH is 2. The molecule has 8 heteroatoms. The second kappa shape index (κ2) is 8.28. The lowest BCUT2D eigenvalue weighted by Gasteiger charge is -2.43. The SMILES string of the molecule is CCCOC1OC(CO)C(O)C(OC(C)=O)C1NC(C)=O. The number of esters is 1. The van der Waals surface area contributed by atoms with Gasteiger partial charge in [0.05, 0.1) is 6.61 Å². The van der Waals surface area contributed by atoms with E-state index in [1.807, 2.05) is 6.92 Å².